The van der Waals surface area contributed by atoms with E-state index < -0.39 is 0 Å². The van der Waals surface area contributed by atoms with Crippen LogP contribution in [-0.2, 0) is 6.42 Å². The standard InChI is InChI=1S/C13H17NO/c1-10(15)13-4-2-3-11(8-13)7-12-5-6-14-9-12/h2-4,8,12,14H,5-7,9H2,1H3. The highest BCUT2D eigenvalue weighted by Crippen LogP contribution is 2.16. The van der Waals surface area contributed by atoms with Gasteiger partial charge in [-0.25, -0.2) is 0 Å². The van der Waals surface area contributed by atoms with E-state index >= 15 is 0 Å². The molecule has 0 radical (unpaired) electrons. The van der Waals surface area contributed by atoms with Crippen LogP contribution >= 0.6 is 0 Å². The van der Waals surface area contributed by atoms with Gasteiger partial charge < -0.3 is 5.32 Å². The molecule has 1 atom stereocenters. The van der Waals surface area contributed by atoms with Gasteiger partial charge >= 0.3 is 0 Å². The zero-order valence-electron chi connectivity index (χ0n) is 9.12. The molecular weight excluding hydrogens is 186 g/mol. The zero-order chi connectivity index (χ0) is 10.7. The van der Waals surface area contributed by atoms with E-state index in [2.05, 4.69) is 11.4 Å². The predicted molar refractivity (Wildman–Crippen MR) is 61.1 cm³/mol. The van der Waals surface area contributed by atoms with Gasteiger partial charge in [-0.1, -0.05) is 18.2 Å². The number of ketones is 1. The van der Waals surface area contributed by atoms with Gasteiger partial charge in [0, 0.05) is 5.56 Å². The minimum Gasteiger partial charge on any atom is -0.316 e. The summed E-state index contributed by atoms with van der Waals surface area (Å²) in [5, 5.41) is 3.36. The Morgan fingerprint density at radius 3 is 3.07 bits per heavy atom. The highest BCUT2D eigenvalue weighted by Gasteiger charge is 2.14. The maximum absolute atomic E-state index is 11.2. The van der Waals surface area contributed by atoms with E-state index in [4.69, 9.17) is 0 Å². The lowest BCUT2D eigenvalue weighted by Gasteiger charge is -2.08. The molecule has 1 saturated heterocycles. The van der Waals surface area contributed by atoms with Crippen LogP contribution in [0, 0.1) is 5.92 Å². The number of hydrogen-bond acceptors (Lipinski definition) is 2. The largest absolute Gasteiger partial charge is 0.316 e. The fourth-order valence-electron chi connectivity index (χ4n) is 2.14. The molecule has 1 aliphatic heterocycles. The Morgan fingerprint density at radius 1 is 1.53 bits per heavy atom. The molecule has 0 aromatic heterocycles. The van der Waals surface area contributed by atoms with E-state index in [9.17, 15) is 4.79 Å². The van der Waals surface area contributed by atoms with Gasteiger partial charge in [-0.15, -0.1) is 0 Å². The van der Waals surface area contributed by atoms with E-state index in [1.165, 1.54) is 12.0 Å². The van der Waals surface area contributed by atoms with Crippen molar-refractivity contribution in [2.24, 2.45) is 5.92 Å². The molecule has 2 nitrogen and oxygen atoms in total. The topological polar surface area (TPSA) is 29.1 Å². The lowest BCUT2D eigenvalue weighted by atomic mass is 9.97. The summed E-state index contributed by atoms with van der Waals surface area (Å²) in [6.45, 7) is 3.87. The number of hydrogen-bond donors (Lipinski definition) is 1. The highest BCUT2D eigenvalue weighted by molar-refractivity contribution is 5.94. The van der Waals surface area contributed by atoms with Gasteiger partial charge in [0.05, 0.1) is 0 Å². The van der Waals surface area contributed by atoms with E-state index in [0.717, 1.165) is 31.0 Å². The molecule has 1 aromatic rings. The lowest BCUT2D eigenvalue weighted by Crippen LogP contribution is -2.10. The molecule has 80 valence electrons. The fourth-order valence-corrected chi connectivity index (χ4v) is 2.14. The molecule has 1 aromatic carbocycles. The van der Waals surface area contributed by atoms with E-state index in [0.29, 0.717) is 0 Å². The number of benzene rings is 1. The van der Waals surface area contributed by atoms with Gasteiger partial charge in [-0.2, -0.15) is 0 Å². The number of rotatable bonds is 3. The number of carbonyl (C=O) groups is 1. The van der Waals surface area contributed by atoms with Crippen molar-refractivity contribution in [3.8, 4) is 0 Å². The molecule has 1 aliphatic rings. The van der Waals surface area contributed by atoms with Crippen molar-refractivity contribution in [1.82, 2.24) is 5.32 Å². The van der Waals surface area contributed by atoms with Crippen molar-refractivity contribution in [2.45, 2.75) is 19.8 Å². The molecule has 0 spiro atoms. The van der Waals surface area contributed by atoms with Crippen LogP contribution in [0.25, 0.3) is 0 Å². The molecule has 1 unspecified atom stereocenters. The third-order valence-corrected chi connectivity index (χ3v) is 3.02. The molecule has 0 aliphatic carbocycles. The van der Waals surface area contributed by atoms with Crippen LogP contribution in [-0.4, -0.2) is 18.9 Å². The van der Waals surface area contributed by atoms with Crippen LogP contribution in [0.2, 0.25) is 0 Å². The summed E-state index contributed by atoms with van der Waals surface area (Å²) in [6.07, 6.45) is 2.35. The van der Waals surface area contributed by atoms with Gasteiger partial charge in [-0.05, 0) is 50.4 Å². The van der Waals surface area contributed by atoms with Crippen molar-refractivity contribution < 1.29 is 4.79 Å². The van der Waals surface area contributed by atoms with Crippen molar-refractivity contribution in [3.63, 3.8) is 0 Å². The van der Waals surface area contributed by atoms with Crippen LogP contribution in [0.3, 0.4) is 0 Å². The maximum Gasteiger partial charge on any atom is 0.159 e. The van der Waals surface area contributed by atoms with Crippen LogP contribution in [0.4, 0.5) is 0 Å². The molecule has 2 heteroatoms. The third kappa shape index (κ3) is 2.66. The Morgan fingerprint density at radius 2 is 2.40 bits per heavy atom. The molecule has 1 N–H and O–H groups in total. The Balaban J connectivity index is 2.07. The van der Waals surface area contributed by atoms with Gasteiger partial charge in [0.15, 0.2) is 5.78 Å². The summed E-state index contributed by atoms with van der Waals surface area (Å²) in [4.78, 5) is 11.2. The zero-order valence-corrected chi connectivity index (χ0v) is 9.12. The minimum absolute atomic E-state index is 0.154. The molecule has 15 heavy (non-hydrogen) atoms. The third-order valence-electron chi connectivity index (χ3n) is 3.02. The van der Waals surface area contributed by atoms with E-state index in [1.54, 1.807) is 6.92 Å². The Labute approximate surface area is 90.7 Å². The van der Waals surface area contributed by atoms with Gasteiger partial charge in [0.1, 0.15) is 0 Å². The maximum atomic E-state index is 11.2. The molecule has 0 bridgehead atoms. The first-order valence-electron chi connectivity index (χ1n) is 5.56. The second kappa shape index (κ2) is 4.58. The quantitative estimate of drug-likeness (QED) is 0.762. The summed E-state index contributed by atoms with van der Waals surface area (Å²) >= 11 is 0. The van der Waals surface area contributed by atoms with E-state index in [-0.39, 0.29) is 5.78 Å². The number of Topliss-reactive ketones (excluding diaryl/α,β-unsaturated/α-hetero) is 1. The van der Waals surface area contributed by atoms with Crippen molar-refractivity contribution >= 4 is 5.78 Å². The van der Waals surface area contributed by atoms with Crippen LogP contribution < -0.4 is 5.32 Å². The van der Waals surface area contributed by atoms with Gasteiger partial charge in [0.25, 0.3) is 0 Å². The van der Waals surface area contributed by atoms with Crippen molar-refractivity contribution in [1.29, 1.82) is 0 Å². The summed E-state index contributed by atoms with van der Waals surface area (Å²) in [6, 6.07) is 8.01. The monoisotopic (exact) mass is 203 g/mol. The SMILES string of the molecule is CC(=O)c1cccc(CC2CCNC2)c1. The average Bonchev–Trinajstić information content (AvgIpc) is 2.71. The summed E-state index contributed by atoms with van der Waals surface area (Å²) in [5.41, 5.74) is 2.12. The van der Waals surface area contributed by atoms with Crippen molar-refractivity contribution in [3.05, 3.63) is 35.4 Å². The summed E-state index contributed by atoms with van der Waals surface area (Å²) in [5.74, 6) is 0.897. The Bertz CT molecular complexity index is 353. The van der Waals surface area contributed by atoms with Crippen LogP contribution in [0.5, 0.6) is 0 Å². The molecule has 1 heterocycles. The lowest BCUT2D eigenvalue weighted by molar-refractivity contribution is 0.101. The summed E-state index contributed by atoms with van der Waals surface area (Å²) < 4.78 is 0. The van der Waals surface area contributed by atoms with E-state index in [1.807, 2.05) is 18.2 Å². The first kappa shape index (κ1) is 10.4. The van der Waals surface area contributed by atoms with Crippen LogP contribution in [0.1, 0.15) is 29.3 Å². The molecule has 2 rings (SSSR count). The molecular formula is C13H17NO. The van der Waals surface area contributed by atoms with Crippen molar-refractivity contribution in [2.75, 3.05) is 13.1 Å². The smallest absolute Gasteiger partial charge is 0.159 e. The first-order valence-corrected chi connectivity index (χ1v) is 5.56. The predicted octanol–water partition coefficient (Wildman–Crippen LogP) is 2.04. The molecule has 0 amide bonds. The molecule has 0 saturated carbocycles. The summed E-state index contributed by atoms with van der Waals surface area (Å²) in [7, 11) is 0. The van der Waals surface area contributed by atoms with Gasteiger partial charge in [-0.3, -0.25) is 4.79 Å². The number of nitrogens with one attached hydrogen (secondary N) is 1. The Hall–Kier alpha value is -1.15. The fraction of sp³-hybridized carbons (Fsp3) is 0.462. The average molecular weight is 203 g/mol. The normalized spacial score (nSPS) is 20.5. The second-order valence-electron chi connectivity index (χ2n) is 4.32. The highest BCUT2D eigenvalue weighted by atomic mass is 16.1. The Kier molecular flexibility index (Phi) is 3.17. The molecule has 1 fully saturated rings. The first-order chi connectivity index (χ1) is 7.25. The minimum atomic E-state index is 0.154. The van der Waals surface area contributed by atoms with Crippen LogP contribution in [0.15, 0.2) is 24.3 Å². The van der Waals surface area contributed by atoms with Gasteiger partial charge in [0.2, 0.25) is 0 Å². The number of carbonyl (C=O) groups excluding carboxylic acids is 1. The second-order valence-corrected chi connectivity index (χ2v) is 4.32.